The average Bonchev–Trinajstić information content (AvgIpc) is 3.04. The van der Waals surface area contributed by atoms with E-state index in [4.69, 9.17) is 4.74 Å². The first-order chi connectivity index (χ1) is 12.4. The third-order valence-electron chi connectivity index (χ3n) is 10.9. The molecule has 8 rings (SSSR count). The highest BCUT2D eigenvalue weighted by atomic mass is 16.5. The number of fused-ring (bicyclic) bond motifs is 1. The summed E-state index contributed by atoms with van der Waals surface area (Å²) in [6.07, 6.45) is 5.87. The quantitative estimate of drug-likeness (QED) is 0.653. The van der Waals surface area contributed by atoms with Gasteiger partial charge in [0, 0.05) is 29.8 Å². The summed E-state index contributed by atoms with van der Waals surface area (Å²) in [6.45, 7) is 9.75. The van der Waals surface area contributed by atoms with Crippen LogP contribution in [-0.2, 0) is 4.74 Å². The number of piperidine rings is 1. The van der Waals surface area contributed by atoms with Gasteiger partial charge >= 0.3 is 0 Å². The van der Waals surface area contributed by atoms with E-state index in [9.17, 15) is 10.2 Å². The molecule has 26 heavy (non-hydrogen) atoms. The second kappa shape index (κ2) is 4.12. The predicted octanol–water partition coefficient (Wildman–Crippen LogP) is 2.16. The van der Waals surface area contributed by atoms with Crippen LogP contribution >= 0.6 is 0 Å². The molecule has 2 heterocycles. The van der Waals surface area contributed by atoms with Crippen LogP contribution in [0.1, 0.15) is 45.4 Å². The van der Waals surface area contributed by atoms with E-state index < -0.39 is 17.6 Å². The fourth-order valence-electron chi connectivity index (χ4n) is 10.6. The zero-order valence-electron chi connectivity index (χ0n) is 15.8. The Morgan fingerprint density at radius 3 is 2.77 bits per heavy atom. The van der Waals surface area contributed by atoms with Gasteiger partial charge in [0.1, 0.15) is 5.72 Å². The summed E-state index contributed by atoms with van der Waals surface area (Å²) in [5.41, 5.74) is 0.791. The summed E-state index contributed by atoms with van der Waals surface area (Å²) in [4.78, 5) is 2.70. The van der Waals surface area contributed by atoms with E-state index in [1.165, 1.54) is 19.3 Å². The van der Waals surface area contributed by atoms with Crippen molar-refractivity contribution in [2.45, 2.75) is 63.4 Å². The summed E-state index contributed by atoms with van der Waals surface area (Å²) in [6, 6.07) is 0. The van der Waals surface area contributed by atoms with Crippen LogP contribution in [0.3, 0.4) is 0 Å². The Hall–Kier alpha value is -0.420. The maximum absolute atomic E-state index is 11.6. The molecular formula is C22H31NO3. The van der Waals surface area contributed by atoms with Crippen molar-refractivity contribution in [3.63, 3.8) is 0 Å². The minimum Gasteiger partial charge on any atom is -0.392 e. The van der Waals surface area contributed by atoms with Crippen LogP contribution in [0.25, 0.3) is 0 Å². The molecule has 0 radical (unpaired) electrons. The van der Waals surface area contributed by atoms with Gasteiger partial charge in [0.15, 0.2) is 0 Å². The van der Waals surface area contributed by atoms with Crippen molar-refractivity contribution >= 4 is 0 Å². The number of hydrogen-bond acceptors (Lipinski definition) is 4. The molecule has 2 aliphatic heterocycles. The lowest BCUT2D eigenvalue weighted by Crippen LogP contribution is -2.72. The van der Waals surface area contributed by atoms with Gasteiger partial charge in [-0.3, -0.25) is 4.90 Å². The summed E-state index contributed by atoms with van der Waals surface area (Å²) in [5.74, 6) is 1.62. The van der Waals surface area contributed by atoms with Gasteiger partial charge in [-0.25, -0.2) is 0 Å². The van der Waals surface area contributed by atoms with Gasteiger partial charge in [0.2, 0.25) is 0 Å². The molecule has 4 nitrogen and oxygen atoms in total. The first-order valence-corrected chi connectivity index (χ1v) is 10.9. The van der Waals surface area contributed by atoms with Crippen molar-refractivity contribution in [2.24, 2.45) is 39.9 Å². The number of nitrogens with zero attached hydrogens (tertiary/aromatic N) is 1. The van der Waals surface area contributed by atoms with Crippen LogP contribution in [0.5, 0.6) is 0 Å². The summed E-state index contributed by atoms with van der Waals surface area (Å²) in [5, 5.41) is 23.1. The van der Waals surface area contributed by atoms with Gasteiger partial charge in [-0.1, -0.05) is 19.9 Å². The molecule has 2 N–H and O–H groups in total. The molecule has 6 saturated carbocycles. The van der Waals surface area contributed by atoms with Crippen molar-refractivity contribution in [1.82, 2.24) is 4.90 Å². The van der Waals surface area contributed by atoms with Gasteiger partial charge in [0.05, 0.1) is 18.8 Å². The lowest BCUT2D eigenvalue weighted by Gasteiger charge is -2.69. The zero-order chi connectivity index (χ0) is 17.7. The summed E-state index contributed by atoms with van der Waals surface area (Å²) < 4.78 is 6.84. The zero-order valence-corrected chi connectivity index (χ0v) is 15.8. The topological polar surface area (TPSA) is 52.9 Å². The number of aliphatic hydroxyl groups excluding tert-OH is 2. The largest absolute Gasteiger partial charge is 0.392 e. The van der Waals surface area contributed by atoms with E-state index in [0.29, 0.717) is 17.8 Å². The third-order valence-corrected chi connectivity index (χ3v) is 10.9. The minimum absolute atomic E-state index is 0.134. The van der Waals surface area contributed by atoms with Gasteiger partial charge < -0.3 is 14.9 Å². The molecule has 0 aromatic rings. The number of aliphatic hydroxyl groups is 2. The van der Waals surface area contributed by atoms with E-state index in [2.05, 4.69) is 18.4 Å². The van der Waals surface area contributed by atoms with Crippen molar-refractivity contribution < 1.29 is 14.9 Å². The molecule has 0 unspecified atom stereocenters. The first-order valence-electron chi connectivity index (χ1n) is 10.9. The van der Waals surface area contributed by atoms with Crippen molar-refractivity contribution in [3.8, 4) is 0 Å². The van der Waals surface area contributed by atoms with E-state index in [1.807, 2.05) is 0 Å². The average molecular weight is 357 g/mol. The van der Waals surface area contributed by atoms with E-state index in [-0.39, 0.29) is 22.5 Å². The predicted molar refractivity (Wildman–Crippen MR) is 96.0 cm³/mol. The number of rotatable bonds is 0. The Kier molecular flexibility index (Phi) is 2.46. The second-order valence-corrected chi connectivity index (χ2v) is 11.1. The monoisotopic (exact) mass is 357 g/mol. The Balaban J connectivity index is 1.58. The molecule has 10 atom stereocenters. The van der Waals surface area contributed by atoms with Crippen molar-refractivity contribution in [1.29, 1.82) is 0 Å². The molecular weight excluding hydrogens is 326 g/mol. The van der Waals surface area contributed by atoms with Crippen LogP contribution in [0.2, 0.25) is 0 Å². The molecule has 0 amide bonds. The van der Waals surface area contributed by atoms with Gasteiger partial charge in [-0.05, 0) is 60.8 Å². The maximum atomic E-state index is 11.6. The molecule has 0 aromatic heterocycles. The first kappa shape index (κ1) is 15.5. The highest BCUT2D eigenvalue weighted by Crippen LogP contribution is 2.86. The van der Waals surface area contributed by atoms with Gasteiger partial charge in [-0.15, -0.1) is 0 Å². The molecule has 2 saturated heterocycles. The summed E-state index contributed by atoms with van der Waals surface area (Å²) in [7, 11) is 0. The van der Waals surface area contributed by atoms with Gasteiger partial charge in [0.25, 0.3) is 0 Å². The molecule has 8 aliphatic rings. The SMILES string of the molecule is C=C1[C@@H]2C[C@@H]3[C@]4([C@H](O)C[C@@H]5[C@@]6(C)CCC[C@@]53[C@@]3(OCCN3C6)[C@H]4C2)[C@@H]1O. The summed E-state index contributed by atoms with van der Waals surface area (Å²) >= 11 is 0. The third kappa shape index (κ3) is 1.14. The second-order valence-electron chi connectivity index (χ2n) is 11.1. The standard InChI is InChI=1S/C22H31NO3/c1-12-13-8-15-20-5-3-4-19(2)11-23-6-7-26-22(20,23)16(9-13)21(15,18(12)25)17(24)10-14(19)20/h13-18,24-25H,1,3-11H2,2H3/t13-,14-,15+,16+,17-,18-,19+,20-,21+,22+/m1/s1. The van der Waals surface area contributed by atoms with Crippen LogP contribution in [0.15, 0.2) is 12.2 Å². The van der Waals surface area contributed by atoms with Crippen molar-refractivity contribution in [2.75, 3.05) is 19.7 Å². The van der Waals surface area contributed by atoms with Crippen LogP contribution in [0, 0.1) is 39.9 Å². The molecule has 8 fully saturated rings. The fraction of sp³-hybridized carbons (Fsp3) is 0.909. The normalized spacial score (nSPS) is 67.6. The Labute approximate surface area is 155 Å². The molecule has 0 aromatic carbocycles. The van der Waals surface area contributed by atoms with Gasteiger partial charge in [-0.2, -0.15) is 0 Å². The Morgan fingerprint density at radius 2 is 1.92 bits per heavy atom. The van der Waals surface area contributed by atoms with Crippen LogP contribution < -0.4 is 0 Å². The molecule has 3 spiro atoms. The lowest BCUT2D eigenvalue weighted by molar-refractivity contribution is -0.285. The van der Waals surface area contributed by atoms with E-state index in [0.717, 1.165) is 44.5 Å². The van der Waals surface area contributed by atoms with Crippen LogP contribution in [0.4, 0.5) is 0 Å². The lowest BCUT2D eigenvalue weighted by atomic mass is 9.38. The van der Waals surface area contributed by atoms with E-state index >= 15 is 0 Å². The van der Waals surface area contributed by atoms with Crippen molar-refractivity contribution in [3.05, 3.63) is 12.2 Å². The molecule has 4 heteroatoms. The smallest absolute Gasteiger partial charge is 0.131 e. The highest BCUT2D eigenvalue weighted by molar-refractivity contribution is 5.41. The molecule has 6 aliphatic carbocycles. The maximum Gasteiger partial charge on any atom is 0.131 e. The molecule has 6 bridgehead atoms. The van der Waals surface area contributed by atoms with Crippen LogP contribution in [-0.4, -0.2) is 52.7 Å². The molecule has 142 valence electrons. The fourth-order valence-corrected chi connectivity index (χ4v) is 10.6. The highest BCUT2D eigenvalue weighted by Gasteiger charge is 2.90. The number of hydrogen-bond donors (Lipinski definition) is 2. The Morgan fingerprint density at radius 1 is 1.12 bits per heavy atom. The Bertz CT molecular complexity index is 739. The number of ether oxygens (including phenoxy) is 1. The minimum atomic E-state index is -0.547. The van der Waals surface area contributed by atoms with E-state index in [1.54, 1.807) is 0 Å².